The van der Waals surface area contributed by atoms with Gasteiger partial charge in [-0.25, -0.2) is 0 Å². The Kier molecular flexibility index (Phi) is 8.94. The van der Waals surface area contributed by atoms with Gasteiger partial charge < -0.3 is 14.8 Å². The fourth-order valence-electron chi connectivity index (χ4n) is 1.50. The molecule has 0 aliphatic carbocycles. The van der Waals surface area contributed by atoms with Crippen molar-refractivity contribution in [3.8, 4) is 0 Å². The number of ether oxygens (including phenoxy) is 2. The zero-order chi connectivity index (χ0) is 10.8. The molecule has 0 spiro atoms. The molecule has 1 N–H and O–H groups in total. The van der Waals surface area contributed by atoms with Crippen LogP contribution in [0.2, 0.25) is 0 Å². The van der Waals surface area contributed by atoms with Crippen molar-refractivity contribution in [3.63, 3.8) is 0 Å². The van der Waals surface area contributed by atoms with E-state index in [0.29, 0.717) is 0 Å². The molecular formula is C11H23NO2. The Morgan fingerprint density at radius 3 is 2.43 bits per heavy atom. The van der Waals surface area contributed by atoms with Gasteiger partial charge in [0.1, 0.15) is 0 Å². The number of nitrogens with one attached hydrogen (secondary N) is 1. The van der Waals surface area contributed by atoms with Gasteiger partial charge in [0, 0.05) is 14.2 Å². The van der Waals surface area contributed by atoms with E-state index in [4.69, 9.17) is 9.47 Å². The van der Waals surface area contributed by atoms with Gasteiger partial charge in [-0.15, -0.1) is 6.58 Å². The largest absolute Gasteiger partial charge is 0.354 e. The minimum Gasteiger partial charge on any atom is -0.354 e. The van der Waals surface area contributed by atoms with E-state index in [1.807, 2.05) is 6.08 Å². The van der Waals surface area contributed by atoms with E-state index in [1.165, 1.54) is 0 Å². The highest BCUT2D eigenvalue weighted by Crippen LogP contribution is 2.08. The number of hydrogen-bond donors (Lipinski definition) is 1. The minimum absolute atomic E-state index is 0.153. The van der Waals surface area contributed by atoms with Crippen molar-refractivity contribution in [1.82, 2.24) is 5.32 Å². The second-order valence-electron chi connectivity index (χ2n) is 3.22. The summed E-state index contributed by atoms with van der Waals surface area (Å²) in [6, 6.07) is 0.273. The molecule has 0 rings (SSSR count). The van der Waals surface area contributed by atoms with E-state index in [-0.39, 0.29) is 12.3 Å². The number of rotatable bonds is 9. The van der Waals surface area contributed by atoms with Crippen LogP contribution in [-0.4, -0.2) is 33.1 Å². The van der Waals surface area contributed by atoms with Gasteiger partial charge >= 0.3 is 0 Å². The second kappa shape index (κ2) is 9.19. The molecule has 14 heavy (non-hydrogen) atoms. The highest BCUT2D eigenvalue weighted by atomic mass is 16.7. The summed E-state index contributed by atoms with van der Waals surface area (Å²) in [7, 11) is 3.35. The number of methoxy groups -OCH3 is 2. The van der Waals surface area contributed by atoms with E-state index >= 15 is 0 Å². The maximum atomic E-state index is 5.23. The summed E-state index contributed by atoms with van der Waals surface area (Å²) >= 11 is 0. The highest BCUT2D eigenvalue weighted by molar-refractivity contribution is 4.73. The minimum atomic E-state index is -0.153. The van der Waals surface area contributed by atoms with Crippen LogP contribution in [0.25, 0.3) is 0 Å². The summed E-state index contributed by atoms with van der Waals surface area (Å²) in [5.74, 6) is 0. The lowest BCUT2D eigenvalue weighted by Gasteiger charge is -2.25. The third-order valence-electron chi connectivity index (χ3n) is 2.18. The van der Waals surface area contributed by atoms with Gasteiger partial charge in [0.2, 0.25) is 0 Å². The standard InChI is InChI=1S/C11H23NO2/c1-5-7-8-9-10(12-6-2)11(13-3)14-4/h5,10-12H,1,6-9H2,2-4H3. The third kappa shape index (κ3) is 5.37. The van der Waals surface area contributed by atoms with Crippen molar-refractivity contribution < 1.29 is 9.47 Å². The topological polar surface area (TPSA) is 30.5 Å². The Morgan fingerprint density at radius 2 is 2.00 bits per heavy atom. The normalized spacial score (nSPS) is 13.1. The number of unbranched alkanes of at least 4 members (excludes halogenated alkanes) is 1. The van der Waals surface area contributed by atoms with Gasteiger partial charge in [-0.2, -0.15) is 0 Å². The lowest BCUT2D eigenvalue weighted by Crippen LogP contribution is -2.41. The molecule has 3 nitrogen and oxygen atoms in total. The summed E-state index contributed by atoms with van der Waals surface area (Å²) in [5, 5.41) is 3.36. The van der Waals surface area contributed by atoms with Gasteiger partial charge in [-0.05, 0) is 25.8 Å². The molecule has 1 unspecified atom stereocenters. The van der Waals surface area contributed by atoms with Crippen LogP contribution in [0.3, 0.4) is 0 Å². The monoisotopic (exact) mass is 201 g/mol. The molecule has 0 saturated heterocycles. The van der Waals surface area contributed by atoms with Gasteiger partial charge in [0.15, 0.2) is 6.29 Å². The molecule has 3 heteroatoms. The van der Waals surface area contributed by atoms with E-state index in [2.05, 4.69) is 18.8 Å². The molecule has 0 radical (unpaired) electrons. The van der Waals surface area contributed by atoms with Crippen LogP contribution in [0, 0.1) is 0 Å². The molecular weight excluding hydrogens is 178 g/mol. The molecule has 0 fully saturated rings. The Hall–Kier alpha value is -0.380. The molecule has 0 aromatic heterocycles. The third-order valence-corrected chi connectivity index (χ3v) is 2.18. The van der Waals surface area contributed by atoms with Crippen molar-refractivity contribution >= 4 is 0 Å². The van der Waals surface area contributed by atoms with Crippen LogP contribution in [-0.2, 0) is 9.47 Å². The second-order valence-corrected chi connectivity index (χ2v) is 3.22. The summed E-state index contributed by atoms with van der Waals surface area (Å²) in [6.45, 7) is 6.72. The molecule has 0 amide bonds. The molecule has 0 aliphatic heterocycles. The predicted octanol–water partition coefficient (Wildman–Crippen LogP) is 1.94. The molecule has 0 aliphatic rings. The van der Waals surface area contributed by atoms with Gasteiger partial charge in [0.05, 0.1) is 6.04 Å². The quantitative estimate of drug-likeness (QED) is 0.351. The Labute approximate surface area is 87.5 Å². The van der Waals surface area contributed by atoms with Crippen molar-refractivity contribution in [2.75, 3.05) is 20.8 Å². The summed E-state index contributed by atoms with van der Waals surface area (Å²) in [4.78, 5) is 0. The molecule has 0 aromatic carbocycles. The van der Waals surface area contributed by atoms with Crippen LogP contribution >= 0.6 is 0 Å². The van der Waals surface area contributed by atoms with Crippen LogP contribution in [0.1, 0.15) is 26.2 Å². The zero-order valence-corrected chi connectivity index (χ0v) is 9.58. The van der Waals surface area contributed by atoms with Gasteiger partial charge in [0.25, 0.3) is 0 Å². The summed E-state index contributed by atoms with van der Waals surface area (Å²) in [6.07, 6.45) is 5.00. The average Bonchev–Trinajstić information content (AvgIpc) is 2.20. The first-order valence-corrected chi connectivity index (χ1v) is 5.20. The van der Waals surface area contributed by atoms with Gasteiger partial charge in [-0.1, -0.05) is 13.0 Å². The van der Waals surface area contributed by atoms with Crippen LogP contribution in [0.15, 0.2) is 12.7 Å². The number of allylic oxidation sites excluding steroid dienone is 1. The van der Waals surface area contributed by atoms with Crippen LogP contribution in [0.5, 0.6) is 0 Å². The summed E-state index contributed by atoms with van der Waals surface area (Å²) in [5.41, 5.74) is 0. The SMILES string of the molecule is C=CCCCC(NCC)C(OC)OC. The van der Waals surface area contributed by atoms with E-state index in [1.54, 1.807) is 14.2 Å². The first-order chi connectivity index (χ1) is 6.79. The maximum Gasteiger partial charge on any atom is 0.171 e. The van der Waals surface area contributed by atoms with E-state index in [0.717, 1.165) is 25.8 Å². The van der Waals surface area contributed by atoms with Crippen LogP contribution < -0.4 is 5.32 Å². The molecule has 0 aromatic rings. The summed E-state index contributed by atoms with van der Waals surface area (Å²) < 4.78 is 10.5. The van der Waals surface area contributed by atoms with Crippen molar-refractivity contribution in [3.05, 3.63) is 12.7 Å². The van der Waals surface area contributed by atoms with Crippen LogP contribution in [0.4, 0.5) is 0 Å². The average molecular weight is 201 g/mol. The van der Waals surface area contributed by atoms with Gasteiger partial charge in [-0.3, -0.25) is 0 Å². The molecule has 1 atom stereocenters. The van der Waals surface area contributed by atoms with E-state index in [9.17, 15) is 0 Å². The smallest absolute Gasteiger partial charge is 0.171 e. The fraction of sp³-hybridized carbons (Fsp3) is 0.818. The Balaban J connectivity index is 3.90. The lowest BCUT2D eigenvalue weighted by atomic mass is 10.1. The Morgan fingerprint density at radius 1 is 1.36 bits per heavy atom. The van der Waals surface area contributed by atoms with Crippen molar-refractivity contribution in [2.45, 2.75) is 38.5 Å². The predicted molar refractivity (Wildman–Crippen MR) is 59.3 cm³/mol. The highest BCUT2D eigenvalue weighted by Gasteiger charge is 2.18. The first kappa shape index (κ1) is 13.6. The zero-order valence-electron chi connectivity index (χ0n) is 9.58. The molecule has 0 bridgehead atoms. The lowest BCUT2D eigenvalue weighted by molar-refractivity contribution is -0.124. The maximum absolute atomic E-state index is 5.23. The number of hydrogen-bond acceptors (Lipinski definition) is 3. The molecule has 84 valence electrons. The van der Waals surface area contributed by atoms with Crippen molar-refractivity contribution in [2.24, 2.45) is 0 Å². The Bertz CT molecular complexity index is 135. The molecule has 0 saturated carbocycles. The first-order valence-electron chi connectivity index (χ1n) is 5.20. The van der Waals surface area contributed by atoms with Crippen molar-refractivity contribution in [1.29, 1.82) is 0 Å². The fourth-order valence-corrected chi connectivity index (χ4v) is 1.50. The number of likely N-dealkylation sites (N-methyl/N-ethyl adjacent to an activating group) is 1. The van der Waals surface area contributed by atoms with E-state index < -0.39 is 0 Å². The molecule has 0 heterocycles.